The van der Waals surface area contributed by atoms with Gasteiger partial charge in [0.2, 0.25) is 5.91 Å². The highest BCUT2D eigenvalue weighted by Crippen LogP contribution is 2.36. The lowest BCUT2D eigenvalue weighted by Gasteiger charge is -2.43. The van der Waals surface area contributed by atoms with Crippen LogP contribution in [0.25, 0.3) is 11.3 Å². The fourth-order valence-corrected chi connectivity index (χ4v) is 5.88. The summed E-state index contributed by atoms with van der Waals surface area (Å²) in [6.07, 6.45) is -1.25. The highest BCUT2D eigenvalue weighted by molar-refractivity contribution is 5.86. The third kappa shape index (κ3) is 6.13. The zero-order valence-electron chi connectivity index (χ0n) is 23.0. The van der Waals surface area contributed by atoms with E-state index in [0.717, 1.165) is 25.0 Å². The van der Waals surface area contributed by atoms with E-state index >= 15 is 0 Å². The van der Waals surface area contributed by atoms with E-state index in [2.05, 4.69) is 15.5 Å². The number of piperidine rings is 1. The number of oxime groups is 1. The molecule has 3 aliphatic heterocycles. The molecule has 0 unspecified atom stereocenters. The van der Waals surface area contributed by atoms with Gasteiger partial charge < -0.3 is 29.4 Å². The van der Waals surface area contributed by atoms with E-state index in [4.69, 9.17) is 14.3 Å². The summed E-state index contributed by atoms with van der Waals surface area (Å²) in [4.78, 5) is 31.3. The third-order valence-electron chi connectivity index (χ3n) is 8.06. The number of aliphatic hydroxyl groups excluding tert-OH is 2. The molecule has 0 bridgehead atoms. The zero-order valence-corrected chi connectivity index (χ0v) is 23.0. The molecule has 4 heterocycles. The van der Waals surface area contributed by atoms with Gasteiger partial charge in [-0.05, 0) is 25.0 Å². The third-order valence-corrected chi connectivity index (χ3v) is 8.06. The Bertz CT molecular complexity index is 1330. The molecule has 1 amide bonds. The maximum absolute atomic E-state index is 13.8. The van der Waals surface area contributed by atoms with E-state index in [0.29, 0.717) is 25.2 Å². The number of hydrogen-bond acceptors (Lipinski definition) is 10. The molecule has 3 aliphatic rings. The largest absolute Gasteiger partial charge is 0.457 e. The van der Waals surface area contributed by atoms with Crippen LogP contribution in [0.4, 0.5) is 13.2 Å². The van der Waals surface area contributed by atoms with Crippen LogP contribution >= 0.6 is 0 Å². The number of benzene rings is 1. The minimum atomic E-state index is -1.63. The Morgan fingerprint density at radius 1 is 1.12 bits per heavy atom. The Hall–Kier alpha value is -3.56. The predicted molar refractivity (Wildman–Crippen MR) is 138 cm³/mol. The van der Waals surface area contributed by atoms with Crippen LogP contribution in [0.2, 0.25) is 0 Å². The van der Waals surface area contributed by atoms with Crippen LogP contribution in [0.3, 0.4) is 0 Å². The van der Waals surface area contributed by atoms with E-state index in [1.807, 2.05) is 0 Å². The average molecular weight is 596 g/mol. The van der Waals surface area contributed by atoms with E-state index in [-0.39, 0.29) is 35.6 Å². The summed E-state index contributed by atoms with van der Waals surface area (Å²) < 4.78 is 53.9. The Kier molecular flexibility index (Phi) is 8.80. The smallest absolute Gasteiger partial charge is 0.303 e. The molecule has 5 rings (SSSR count). The van der Waals surface area contributed by atoms with Gasteiger partial charge in [0.15, 0.2) is 23.6 Å². The Morgan fingerprint density at radius 2 is 1.81 bits per heavy atom. The van der Waals surface area contributed by atoms with Crippen LogP contribution in [0.1, 0.15) is 45.6 Å². The minimum absolute atomic E-state index is 0.0302. The van der Waals surface area contributed by atoms with Gasteiger partial charge in [0, 0.05) is 51.3 Å². The summed E-state index contributed by atoms with van der Waals surface area (Å²) in [6, 6.07) is 0.402. The molecule has 42 heavy (non-hydrogen) atoms. The summed E-state index contributed by atoms with van der Waals surface area (Å²) in [5, 5.41) is 33.2. The van der Waals surface area contributed by atoms with Crippen molar-refractivity contribution in [3.8, 4) is 11.3 Å². The Morgan fingerprint density at radius 3 is 2.43 bits per heavy atom. The van der Waals surface area contributed by atoms with Crippen LogP contribution < -0.4 is 0 Å². The van der Waals surface area contributed by atoms with Crippen molar-refractivity contribution in [2.24, 2.45) is 11.1 Å². The van der Waals surface area contributed by atoms with Gasteiger partial charge in [-0.1, -0.05) is 10.4 Å². The van der Waals surface area contributed by atoms with Crippen LogP contribution in [-0.2, 0) is 23.9 Å². The Labute approximate surface area is 239 Å². The van der Waals surface area contributed by atoms with Crippen molar-refractivity contribution in [2.45, 2.75) is 76.1 Å². The molecule has 6 atom stereocenters. The molecule has 15 heteroatoms. The molecule has 12 nitrogen and oxygen atoms in total. The minimum Gasteiger partial charge on any atom is -0.457 e. The average Bonchev–Trinajstić information content (AvgIpc) is 3.63. The molecule has 2 fully saturated rings. The number of likely N-dealkylation sites (tertiary alicyclic amines) is 1. The molecule has 1 aromatic carbocycles. The first kappa shape index (κ1) is 29.9. The summed E-state index contributed by atoms with van der Waals surface area (Å²) >= 11 is 0. The van der Waals surface area contributed by atoms with Gasteiger partial charge in [0.25, 0.3) is 0 Å². The molecular formula is C27H32F3N5O7. The van der Waals surface area contributed by atoms with E-state index < -0.39 is 60.5 Å². The molecular weight excluding hydrogens is 563 g/mol. The number of esters is 1. The van der Waals surface area contributed by atoms with Crippen molar-refractivity contribution in [1.82, 2.24) is 19.9 Å². The van der Waals surface area contributed by atoms with Gasteiger partial charge in [-0.3, -0.25) is 9.59 Å². The highest BCUT2D eigenvalue weighted by atomic mass is 19.2. The van der Waals surface area contributed by atoms with Gasteiger partial charge in [0.1, 0.15) is 36.2 Å². The first-order valence-electron chi connectivity index (χ1n) is 13.7. The van der Waals surface area contributed by atoms with Crippen LogP contribution in [-0.4, -0.2) is 97.9 Å². The molecule has 2 aromatic rings. The molecule has 2 saturated heterocycles. The van der Waals surface area contributed by atoms with Crippen LogP contribution in [0.5, 0.6) is 0 Å². The van der Waals surface area contributed by atoms with Crippen LogP contribution in [0.15, 0.2) is 23.5 Å². The molecule has 0 spiro atoms. The second kappa shape index (κ2) is 12.4. The highest BCUT2D eigenvalue weighted by Gasteiger charge is 2.49. The topological polar surface area (TPSA) is 149 Å². The SMILES string of the molecule is CC(=O)O[C@@H]1[C@@H](n2cc(-c3cc(F)c(F)c(F)c3)nn2)[C@@H](O)[C@@H](CO)O[C@@H]1CC1=NO[C@@H](C2CCN(C(C)=O)CC2)C1. The molecule has 0 radical (unpaired) electrons. The lowest BCUT2D eigenvalue weighted by Crippen LogP contribution is -2.57. The fourth-order valence-electron chi connectivity index (χ4n) is 5.88. The number of aromatic nitrogens is 3. The zero-order chi connectivity index (χ0) is 30.1. The summed E-state index contributed by atoms with van der Waals surface area (Å²) in [5.41, 5.74) is 0.507. The number of aliphatic hydroxyl groups is 2. The first-order chi connectivity index (χ1) is 20.0. The number of rotatable bonds is 7. The summed E-state index contributed by atoms with van der Waals surface area (Å²) in [7, 11) is 0. The van der Waals surface area contributed by atoms with Crippen molar-refractivity contribution in [3.63, 3.8) is 0 Å². The number of carbonyl (C=O) groups excluding carboxylic acids is 2. The number of halogens is 3. The second-order valence-corrected chi connectivity index (χ2v) is 10.8. The number of ether oxygens (including phenoxy) is 2. The second-order valence-electron chi connectivity index (χ2n) is 10.8. The molecule has 0 saturated carbocycles. The summed E-state index contributed by atoms with van der Waals surface area (Å²) in [5.74, 6) is -4.88. The van der Waals surface area contributed by atoms with E-state index in [1.165, 1.54) is 17.8 Å². The molecule has 2 N–H and O–H groups in total. The monoisotopic (exact) mass is 595 g/mol. The standard InChI is InChI=1S/C27H32F3N5O7/c1-13(37)34-5-3-15(4-6-34)21-9-17(32-42-21)10-22-27(40-14(2)38)25(26(39)23(12-36)41-22)35-11-20(31-33-35)16-7-18(28)24(30)19(29)8-16/h7-8,11,15,21-23,25-27,36,39H,3-6,9-10,12H2,1-2H3/t21-,22-,23-,25+,26+,27+/m1/s1. The van der Waals surface area contributed by atoms with Gasteiger partial charge in [-0.15, -0.1) is 5.10 Å². The van der Waals surface area contributed by atoms with Crippen molar-refractivity contribution < 1.29 is 47.3 Å². The van der Waals surface area contributed by atoms with Crippen molar-refractivity contribution in [2.75, 3.05) is 19.7 Å². The fraction of sp³-hybridized carbons (Fsp3) is 0.593. The van der Waals surface area contributed by atoms with Gasteiger partial charge in [-0.25, -0.2) is 17.9 Å². The van der Waals surface area contributed by atoms with E-state index in [1.54, 1.807) is 11.8 Å². The number of hydrogen-bond donors (Lipinski definition) is 2. The maximum Gasteiger partial charge on any atom is 0.303 e. The van der Waals surface area contributed by atoms with Crippen LogP contribution in [0, 0.1) is 23.4 Å². The van der Waals surface area contributed by atoms with Crippen molar-refractivity contribution in [3.05, 3.63) is 35.8 Å². The van der Waals surface area contributed by atoms with E-state index in [9.17, 15) is 33.0 Å². The normalized spacial score (nSPS) is 28.4. The number of amides is 1. The van der Waals surface area contributed by atoms with Gasteiger partial charge in [-0.2, -0.15) is 0 Å². The van der Waals surface area contributed by atoms with Gasteiger partial charge in [0.05, 0.1) is 18.5 Å². The van der Waals surface area contributed by atoms with Crippen molar-refractivity contribution >= 4 is 17.6 Å². The predicted octanol–water partition coefficient (Wildman–Crippen LogP) is 1.75. The number of carbonyl (C=O) groups is 2. The molecule has 0 aliphatic carbocycles. The Balaban J connectivity index is 1.35. The lowest BCUT2D eigenvalue weighted by molar-refractivity contribution is -0.216. The summed E-state index contributed by atoms with van der Waals surface area (Å²) in [6.45, 7) is 3.45. The molecule has 228 valence electrons. The molecule has 1 aromatic heterocycles. The first-order valence-corrected chi connectivity index (χ1v) is 13.7. The lowest BCUT2D eigenvalue weighted by atomic mass is 9.86. The van der Waals surface area contributed by atoms with Crippen molar-refractivity contribution in [1.29, 1.82) is 0 Å². The maximum atomic E-state index is 13.8. The quantitative estimate of drug-likeness (QED) is 0.361. The van der Waals surface area contributed by atoms with Gasteiger partial charge >= 0.3 is 5.97 Å². The number of nitrogens with zero attached hydrogens (tertiary/aromatic N) is 5.